The first-order valence-electron chi connectivity index (χ1n) is 5.35. The topological polar surface area (TPSA) is 26.0 Å². The number of hydrogen-bond donors (Lipinski definition) is 1. The van der Waals surface area contributed by atoms with Crippen LogP contribution >= 0.6 is 0 Å². The van der Waals surface area contributed by atoms with E-state index in [4.69, 9.17) is 5.73 Å². The number of hydrogen-bond acceptors (Lipinski definition) is 1. The number of rotatable bonds is 2. The zero-order chi connectivity index (χ0) is 15.0. The zero-order valence-electron chi connectivity index (χ0n) is 9.73. The standard InChI is InChI=1S/C13H7F6N/c14-7-4-9(16)8(15)3-6(7)13(20)5-1-10(17)12(19)11(18)2-5/h1-4,13H,20H2. The van der Waals surface area contributed by atoms with E-state index in [0.717, 1.165) is 0 Å². The molecule has 0 saturated heterocycles. The molecule has 0 spiro atoms. The molecule has 1 unspecified atom stereocenters. The van der Waals surface area contributed by atoms with Gasteiger partial charge >= 0.3 is 0 Å². The Bertz CT molecular complexity index is 647. The highest BCUT2D eigenvalue weighted by Crippen LogP contribution is 2.26. The van der Waals surface area contributed by atoms with Crippen molar-refractivity contribution >= 4 is 0 Å². The maximum Gasteiger partial charge on any atom is 0.194 e. The van der Waals surface area contributed by atoms with Crippen molar-refractivity contribution in [2.75, 3.05) is 0 Å². The van der Waals surface area contributed by atoms with E-state index < -0.39 is 46.5 Å². The number of halogens is 6. The minimum atomic E-state index is -1.70. The molecule has 0 aliphatic carbocycles. The van der Waals surface area contributed by atoms with Gasteiger partial charge in [-0.2, -0.15) is 0 Å². The summed E-state index contributed by atoms with van der Waals surface area (Å²) >= 11 is 0. The molecule has 2 aromatic rings. The smallest absolute Gasteiger partial charge is 0.194 e. The second-order valence-corrected chi connectivity index (χ2v) is 4.06. The van der Waals surface area contributed by atoms with Crippen LogP contribution in [0, 0.1) is 34.9 Å². The molecule has 0 aliphatic rings. The van der Waals surface area contributed by atoms with Crippen LogP contribution in [0.2, 0.25) is 0 Å². The normalized spacial score (nSPS) is 12.6. The van der Waals surface area contributed by atoms with Gasteiger partial charge in [-0.3, -0.25) is 0 Å². The Labute approximate surface area is 109 Å². The molecule has 106 valence electrons. The van der Waals surface area contributed by atoms with Crippen molar-refractivity contribution in [3.8, 4) is 0 Å². The molecule has 0 amide bonds. The molecule has 0 aromatic heterocycles. The van der Waals surface area contributed by atoms with Crippen LogP contribution in [0.3, 0.4) is 0 Å². The Balaban J connectivity index is 2.51. The first kappa shape index (κ1) is 14.4. The largest absolute Gasteiger partial charge is 0.320 e. The maximum absolute atomic E-state index is 13.5. The SMILES string of the molecule is NC(c1cc(F)c(F)c(F)c1)c1cc(F)c(F)cc1F. The van der Waals surface area contributed by atoms with Gasteiger partial charge in [0.2, 0.25) is 0 Å². The highest BCUT2D eigenvalue weighted by Gasteiger charge is 2.20. The molecular formula is C13H7F6N. The summed E-state index contributed by atoms with van der Waals surface area (Å²) in [6.45, 7) is 0. The van der Waals surface area contributed by atoms with Crippen molar-refractivity contribution in [2.45, 2.75) is 6.04 Å². The van der Waals surface area contributed by atoms with Crippen molar-refractivity contribution in [3.05, 3.63) is 70.3 Å². The van der Waals surface area contributed by atoms with Crippen LogP contribution in [0.5, 0.6) is 0 Å². The fourth-order valence-electron chi connectivity index (χ4n) is 1.71. The molecule has 20 heavy (non-hydrogen) atoms. The van der Waals surface area contributed by atoms with E-state index in [1.165, 1.54) is 0 Å². The van der Waals surface area contributed by atoms with Crippen molar-refractivity contribution in [2.24, 2.45) is 5.73 Å². The van der Waals surface area contributed by atoms with Gasteiger partial charge in [0, 0.05) is 11.6 Å². The van der Waals surface area contributed by atoms with Gasteiger partial charge in [0.15, 0.2) is 29.1 Å². The van der Waals surface area contributed by atoms with Gasteiger partial charge in [0.1, 0.15) is 5.82 Å². The third-order valence-electron chi connectivity index (χ3n) is 2.74. The Morgan fingerprint density at radius 2 is 1.15 bits per heavy atom. The molecule has 0 aliphatic heterocycles. The van der Waals surface area contributed by atoms with Crippen LogP contribution in [0.1, 0.15) is 17.2 Å². The monoisotopic (exact) mass is 291 g/mol. The lowest BCUT2D eigenvalue weighted by Gasteiger charge is -2.14. The number of nitrogens with two attached hydrogens (primary N) is 1. The summed E-state index contributed by atoms with van der Waals surface area (Å²) in [5, 5.41) is 0. The van der Waals surface area contributed by atoms with E-state index in [-0.39, 0.29) is 11.6 Å². The van der Waals surface area contributed by atoms with E-state index in [9.17, 15) is 26.3 Å². The fraction of sp³-hybridized carbons (Fsp3) is 0.0769. The van der Waals surface area contributed by atoms with E-state index in [0.29, 0.717) is 18.2 Å². The van der Waals surface area contributed by atoms with Gasteiger partial charge in [-0.05, 0) is 23.8 Å². The van der Waals surface area contributed by atoms with Crippen LogP contribution in [-0.2, 0) is 0 Å². The first-order chi connectivity index (χ1) is 9.31. The molecule has 1 nitrogen and oxygen atoms in total. The van der Waals surface area contributed by atoms with E-state index in [1.54, 1.807) is 0 Å². The molecule has 2 aromatic carbocycles. The van der Waals surface area contributed by atoms with E-state index >= 15 is 0 Å². The second kappa shape index (κ2) is 5.16. The van der Waals surface area contributed by atoms with Crippen LogP contribution in [0.4, 0.5) is 26.3 Å². The Morgan fingerprint density at radius 3 is 1.70 bits per heavy atom. The van der Waals surface area contributed by atoms with Gasteiger partial charge < -0.3 is 5.73 Å². The lowest BCUT2D eigenvalue weighted by Crippen LogP contribution is -2.15. The molecule has 0 radical (unpaired) electrons. The van der Waals surface area contributed by atoms with Gasteiger partial charge in [0.05, 0.1) is 6.04 Å². The highest BCUT2D eigenvalue weighted by molar-refractivity contribution is 5.34. The molecular weight excluding hydrogens is 284 g/mol. The maximum atomic E-state index is 13.5. The summed E-state index contributed by atoms with van der Waals surface area (Å²) < 4.78 is 78.3. The fourth-order valence-corrected chi connectivity index (χ4v) is 1.71. The lowest BCUT2D eigenvalue weighted by molar-refractivity contribution is 0.444. The lowest BCUT2D eigenvalue weighted by atomic mass is 9.98. The van der Waals surface area contributed by atoms with Crippen molar-refractivity contribution in [3.63, 3.8) is 0 Å². The van der Waals surface area contributed by atoms with E-state index in [1.807, 2.05) is 0 Å². The van der Waals surface area contributed by atoms with Crippen LogP contribution in [0.25, 0.3) is 0 Å². The molecule has 2 N–H and O–H groups in total. The molecule has 0 heterocycles. The minimum Gasteiger partial charge on any atom is -0.320 e. The summed E-state index contributed by atoms with van der Waals surface area (Å²) in [6, 6.07) is 0.387. The van der Waals surface area contributed by atoms with Crippen molar-refractivity contribution in [1.82, 2.24) is 0 Å². The summed E-state index contributed by atoms with van der Waals surface area (Å²) in [4.78, 5) is 0. The van der Waals surface area contributed by atoms with Gasteiger partial charge in [-0.25, -0.2) is 26.3 Å². The Kier molecular flexibility index (Phi) is 3.71. The first-order valence-corrected chi connectivity index (χ1v) is 5.35. The van der Waals surface area contributed by atoms with Gasteiger partial charge in [-0.1, -0.05) is 0 Å². The number of benzene rings is 2. The Morgan fingerprint density at radius 1 is 0.650 bits per heavy atom. The highest BCUT2D eigenvalue weighted by atomic mass is 19.2. The molecule has 0 saturated carbocycles. The molecule has 1 atom stereocenters. The Hall–Kier alpha value is -2.02. The third-order valence-corrected chi connectivity index (χ3v) is 2.74. The van der Waals surface area contributed by atoms with E-state index in [2.05, 4.69) is 0 Å². The zero-order valence-corrected chi connectivity index (χ0v) is 9.73. The predicted octanol–water partition coefficient (Wildman–Crippen LogP) is 3.57. The van der Waals surface area contributed by atoms with Gasteiger partial charge in [-0.15, -0.1) is 0 Å². The predicted molar refractivity (Wildman–Crippen MR) is 58.7 cm³/mol. The molecule has 0 bridgehead atoms. The molecule has 7 heteroatoms. The molecule has 2 rings (SSSR count). The van der Waals surface area contributed by atoms with Crippen molar-refractivity contribution in [1.29, 1.82) is 0 Å². The second-order valence-electron chi connectivity index (χ2n) is 4.06. The average molecular weight is 291 g/mol. The van der Waals surface area contributed by atoms with Crippen LogP contribution in [-0.4, -0.2) is 0 Å². The summed E-state index contributed by atoms with van der Waals surface area (Å²) in [7, 11) is 0. The van der Waals surface area contributed by atoms with Crippen LogP contribution in [0.15, 0.2) is 24.3 Å². The summed E-state index contributed by atoms with van der Waals surface area (Å²) in [5.74, 6) is -8.69. The van der Waals surface area contributed by atoms with Crippen LogP contribution < -0.4 is 5.73 Å². The summed E-state index contributed by atoms with van der Waals surface area (Å²) in [5.41, 5.74) is 4.72. The third kappa shape index (κ3) is 2.49. The minimum absolute atomic E-state index is 0.265. The summed E-state index contributed by atoms with van der Waals surface area (Å²) in [6.07, 6.45) is 0. The molecule has 0 fully saturated rings. The quantitative estimate of drug-likeness (QED) is 0.511. The van der Waals surface area contributed by atoms with Crippen molar-refractivity contribution < 1.29 is 26.3 Å². The van der Waals surface area contributed by atoms with Gasteiger partial charge in [0.25, 0.3) is 0 Å². The average Bonchev–Trinajstić information content (AvgIpc) is 2.38.